The van der Waals surface area contributed by atoms with Crippen molar-refractivity contribution in [2.45, 2.75) is 46.6 Å². The zero-order valence-corrected chi connectivity index (χ0v) is 17.4. The van der Waals surface area contributed by atoms with Crippen LogP contribution in [0.5, 0.6) is 5.75 Å². The van der Waals surface area contributed by atoms with Gasteiger partial charge in [-0.3, -0.25) is 9.59 Å². The molecule has 0 unspecified atom stereocenters. The van der Waals surface area contributed by atoms with Crippen LogP contribution in [0.25, 0.3) is 0 Å². The summed E-state index contributed by atoms with van der Waals surface area (Å²) in [5.74, 6) is 0.509. The Morgan fingerprint density at radius 3 is 2.69 bits per heavy atom. The molecule has 0 spiro atoms. The summed E-state index contributed by atoms with van der Waals surface area (Å²) < 4.78 is 5.80. The fraction of sp³-hybridized carbons (Fsp3) is 0.348. The highest BCUT2D eigenvalue weighted by atomic mass is 16.5. The SMILES string of the molecule is C/C(=N/NC(=O)[C@H](C)Oc1cccc(C)c1C)c1cccc(N2CCCC2=O)c1. The molecule has 2 amide bonds. The number of nitrogens with one attached hydrogen (secondary N) is 1. The average Bonchev–Trinajstić information content (AvgIpc) is 3.15. The maximum Gasteiger partial charge on any atom is 0.280 e. The molecule has 1 heterocycles. The first-order valence-electron chi connectivity index (χ1n) is 9.84. The topological polar surface area (TPSA) is 71.0 Å². The Labute approximate surface area is 171 Å². The maximum atomic E-state index is 12.4. The van der Waals surface area contributed by atoms with Gasteiger partial charge in [-0.2, -0.15) is 5.10 Å². The molecule has 0 aliphatic carbocycles. The summed E-state index contributed by atoms with van der Waals surface area (Å²) in [7, 11) is 0. The Morgan fingerprint density at radius 2 is 1.97 bits per heavy atom. The van der Waals surface area contributed by atoms with Crippen molar-refractivity contribution in [1.82, 2.24) is 5.43 Å². The maximum absolute atomic E-state index is 12.4. The minimum atomic E-state index is -0.680. The second-order valence-electron chi connectivity index (χ2n) is 7.33. The number of hydrazone groups is 1. The lowest BCUT2D eigenvalue weighted by atomic mass is 10.1. The van der Waals surface area contributed by atoms with Gasteiger partial charge in [0, 0.05) is 18.7 Å². The van der Waals surface area contributed by atoms with E-state index in [0.717, 1.165) is 35.3 Å². The summed E-state index contributed by atoms with van der Waals surface area (Å²) in [4.78, 5) is 26.2. The van der Waals surface area contributed by atoms with Gasteiger partial charge in [0.2, 0.25) is 5.91 Å². The molecule has 152 valence electrons. The second kappa shape index (κ2) is 8.90. The van der Waals surface area contributed by atoms with Crippen LogP contribution in [0.15, 0.2) is 47.6 Å². The van der Waals surface area contributed by atoms with Crippen molar-refractivity contribution in [3.05, 3.63) is 59.2 Å². The van der Waals surface area contributed by atoms with Crippen molar-refractivity contribution in [3.63, 3.8) is 0 Å². The lowest BCUT2D eigenvalue weighted by molar-refractivity contribution is -0.127. The van der Waals surface area contributed by atoms with Crippen molar-refractivity contribution >= 4 is 23.2 Å². The molecular weight excluding hydrogens is 366 g/mol. The van der Waals surface area contributed by atoms with Crippen molar-refractivity contribution in [2.24, 2.45) is 5.10 Å². The summed E-state index contributed by atoms with van der Waals surface area (Å²) in [6.45, 7) is 8.23. The smallest absolute Gasteiger partial charge is 0.280 e. The van der Waals surface area contributed by atoms with E-state index in [9.17, 15) is 9.59 Å². The van der Waals surface area contributed by atoms with Crippen LogP contribution >= 0.6 is 0 Å². The number of hydrogen-bond donors (Lipinski definition) is 1. The molecule has 1 fully saturated rings. The monoisotopic (exact) mass is 393 g/mol. The van der Waals surface area contributed by atoms with Gasteiger partial charge in [0.25, 0.3) is 5.91 Å². The molecule has 3 rings (SSSR count). The highest BCUT2D eigenvalue weighted by Gasteiger charge is 2.22. The van der Waals surface area contributed by atoms with Gasteiger partial charge in [-0.15, -0.1) is 0 Å². The van der Waals surface area contributed by atoms with Gasteiger partial charge in [0.05, 0.1) is 5.71 Å². The fourth-order valence-electron chi connectivity index (χ4n) is 3.21. The quantitative estimate of drug-likeness (QED) is 0.600. The molecule has 0 aromatic heterocycles. The van der Waals surface area contributed by atoms with Gasteiger partial charge >= 0.3 is 0 Å². The molecule has 0 radical (unpaired) electrons. The Morgan fingerprint density at radius 1 is 1.21 bits per heavy atom. The minimum absolute atomic E-state index is 0.141. The van der Waals surface area contributed by atoms with Crippen molar-refractivity contribution in [2.75, 3.05) is 11.4 Å². The van der Waals surface area contributed by atoms with Gasteiger partial charge in [-0.05, 0) is 69.0 Å². The van der Waals surface area contributed by atoms with Crippen LogP contribution in [0.3, 0.4) is 0 Å². The van der Waals surface area contributed by atoms with E-state index in [4.69, 9.17) is 4.74 Å². The standard InChI is InChI=1S/C23H27N3O3/c1-15-8-5-11-21(16(15)2)29-18(4)23(28)25-24-17(3)19-9-6-10-20(14-19)26-13-7-12-22(26)27/h5-6,8-11,14,18H,7,12-13H2,1-4H3,(H,25,28)/b24-17-/t18-/m0/s1. The lowest BCUT2D eigenvalue weighted by Gasteiger charge is -2.17. The average molecular weight is 393 g/mol. The van der Waals surface area contributed by atoms with Crippen LogP contribution in [0, 0.1) is 13.8 Å². The number of aryl methyl sites for hydroxylation is 1. The molecule has 0 bridgehead atoms. The molecule has 1 aliphatic rings. The molecule has 29 heavy (non-hydrogen) atoms. The Kier molecular flexibility index (Phi) is 6.32. The van der Waals surface area contributed by atoms with E-state index in [1.54, 1.807) is 11.8 Å². The Bertz CT molecular complexity index is 952. The highest BCUT2D eigenvalue weighted by molar-refractivity contribution is 6.02. The van der Waals surface area contributed by atoms with E-state index in [1.165, 1.54) is 0 Å². The summed E-state index contributed by atoms with van der Waals surface area (Å²) in [5.41, 5.74) is 7.07. The summed E-state index contributed by atoms with van der Waals surface area (Å²) in [5, 5.41) is 4.22. The van der Waals surface area contributed by atoms with Crippen LogP contribution in [0.4, 0.5) is 5.69 Å². The van der Waals surface area contributed by atoms with Gasteiger partial charge in [-0.25, -0.2) is 5.43 Å². The first kappa shape index (κ1) is 20.6. The number of rotatable bonds is 6. The molecule has 1 N–H and O–H groups in total. The third-order valence-corrected chi connectivity index (χ3v) is 5.21. The van der Waals surface area contributed by atoms with Gasteiger partial charge in [0.1, 0.15) is 5.75 Å². The Balaban J connectivity index is 1.65. The van der Waals surface area contributed by atoms with Crippen molar-refractivity contribution < 1.29 is 14.3 Å². The van der Waals surface area contributed by atoms with E-state index in [2.05, 4.69) is 10.5 Å². The number of amides is 2. The second-order valence-corrected chi connectivity index (χ2v) is 7.33. The minimum Gasteiger partial charge on any atom is -0.481 e. The number of hydrogen-bond acceptors (Lipinski definition) is 4. The van der Waals surface area contributed by atoms with Gasteiger partial charge in [0.15, 0.2) is 6.10 Å². The zero-order chi connectivity index (χ0) is 21.0. The van der Waals surface area contributed by atoms with Crippen molar-refractivity contribution in [3.8, 4) is 5.75 Å². The lowest BCUT2D eigenvalue weighted by Crippen LogP contribution is -2.34. The summed E-state index contributed by atoms with van der Waals surface area (Å²) in [6, 6.07) is 13.4. The molecule has 6 heteroatoms. The number of ether oxygens (including phenoxy) is 1. The molecule has 2 aromatic carbocycles. The van der Waals surface area contributed by atoms with Crippen LogP contribution in [0.2, 0.25) is 0 Å². The molecule has 0 saturated carbocycles. The predicted octanol–water partition coefficient (Wildman–Crippen LogP) is 3.74. The van der Waals surface area contributed by atoms with Crippen molar-refractivity contribution in [1.29, 1.82) is 0 Å². The predicted molar refractivity (Wildman–Crippen MR) is 114 cm³/mol. The number of nitrogens with zero attached hydrogens (tertiary/aromatic N) is 2. The van der Waals surface area contributed by atoms with Crippen LogP contribution in [-0.4, -0.2) is 30.2 Å². The highest BCUT2D eigenvalue weighted by Crippen LogP contribution is 2.23. The normalized spacial score (nSPS) is 15.4. The molecule has 1 aliphatic heterocycles. The first-order chi connectivity index (χ1) is 13.9. The van der Waals surface area contributed by atoms with Gasteiger partial charge < -0.3 is 9.64 Å². The third kappa shape index (κ3) is 4.83. The van der Waals surface area contributed by atoms with Gasteiger partial charge in [-0.1, -0.05) is 24.3 Å². The molecule has 1 saturated heterocycles. The van der Waals surface area contributed by atoms with E-state index < -0.39 is 6.10 Å². The summed E-state index contributed by atoms with van der Waals surface area (Å²) >= 11 is 0. The number of anilines is 1. The van der Waals surface area contributed by atoms with Crippen LogP contribution < -0.4 is 15.1 Å². The molecule has 2 aromatic rings. The number of carbonyl (C=O) groups excluding carboxylic acids is 2. The molecular formula is C23H27N3O3. The van der Waals surface area contributed by atoms with E-state index in [0.29, 0.717) is 17.9 Å². The first-order valence-corrected chi connectivity index (χ1v) is 9.84. The third-order valence-electron chi connectivity index (χ3n) is 5.21. The molecule has 1 atom stereocenters. The number of carbonyl (C=O) groups is 2. The Hall–Kier alpha value is -3.15. The van der Waals surface area contributed by atoms with Crippen LogP contribution in [-0.2, 0) is 9.59 Å². The summed E-state index contributed by atoms with van der Waals surface area (Å²) in [6.07, 6.45) is 0.788. The zero-order valence-electron chi connectivity index (χ0n) is 17.4. The van der Waals surface area contributed by atoms with E-state index in [1.807, 2.05) is 63.2 Å². The largest absolute Gasteiger partial charge is 0.481 e. The fourth-order valence-corrected chi connectivity index (χ4v) is 3.21. The van der Waals surface area contributed by atoms with E-state index in [-0.39, 0.29) is 11.8 Å². The number of benzene rings is 2. The molecule has 6 nitrogen and oxygen atoms in total. The van der Waals surface area contributed by atoms with Crippen LogP contribution in [0.1, 0.15) is 43.4 Å². The van der Waals surface area contributed by atoms with E-state index >= 15 is 0 Å².